The lowest BCUT2D eigenvalue weighted by atomic mass is 9.95. The molecule has 5 rings (SSSR count). The monoisotopic (exact) mass is 549 g/mol. The van der Waals surface area contributed by atoms with E-state index in [0.717, 1.165) is 48.5 Å². The van der Waals surface area contributed by atoms with Crippen molar-refractivity contribution in [3.05, 3.63) is 70.5 Å². The molecule has 2 aliphatic rings. The molecule has 0 spiro atoms. The molecule has 0 saturated carbocycles. The summed E-state index contributed by atoms with van der Waals surface area (Å²) in [6.45, 7) is 3.56. The van der Waals surface area contributed by atoms with Crippen LogP contribution in [0.25, 0.3) is 0 Å². The van der Waals surface area contributed by atoms with Gasteiger partial charge in [0.1, 0.15) is 5.82 Å². The van der Waals surface area contributed by atoms with Crippen molar-refractivity contribution < 1.29 is 18.0 Å². The van der Waals surface area contributed by atoms with Crippen molar-refractivity contribution in [2.24, 2.45) is 5.92 Å². The second kappa shape index (κ2) is 10.9. The van der Waals surface area contributed by atoms with Gasteiger partial charge in [-0.05, 0) is 48.7 Å². The molecule has 0 unspecified atom stereocenters. The summed E-state index contributed by atoms with van der Waals surface area (Å²) in [7, 11) is 0. The highest BCUT2D eigenvalue weighted by atomic mass is 35.5. The Labute approximate surface area is 222 Å². The summed E-state index contributed by atoms with van der Waals surface area (Å²) in [6, 6.07) is 13.0. The van der Waals surface area contributed by atoms with E-state index in [-0.39, 0.29) is 11.8 Å². The maximum atomic E-state index is 13.2. The van der Waals surface area contributed by atoms with Crippen LogP contribution in [0.1, 0.15) is 29.8 Å². The Morgan fingerprint density at radius 1 is 0.973 bits per heavy atom. The lowest BCUT2D eigenvalue weighted by molar-refractivity contribution is -0.137. The number of piperidine rings is 1. The van der Waals surface area contributed by atoms with Gasteiger partial charge in [-0.15, -0.1) is 0 Å². The van der Waals surface area contributed by atoms with E-state index >= 15 is 0 Å². The van der Waals surface area contributed by atoms with Gasteiger partial charge in [0, 0.05) is 73.8 Å². The zero-order valence-corrected chi connectivity index (χ0v) is 21.7. The summed E-state index contributed by atoms with van der Waals surface area (Å²) in [5.41, 5.74) is 0.997. The van der Waals surface area contributed by atoms with Gasteiger partial charge in [-0.2, -0.15) is 17.5 Å². The molecule has 0 atom stereocenters. The first-order valence-corrected chi connectivity index (χ1v) is 13.4. The number of hydrogen-bond donors (Lipinski definition) is 0. The van der Waals surface area contributed by atoms with Crippen molar-refractivity contribution in [1.82, 2.24) is 14.3 Å². The minimum atomic E-state index is -4.37. The van der Waals surface area contributed by atoms with E-state index in [0.29, 0.717) is 43.3 Å². The number of alkyl halides is 3. The highest BCUT2D eigenvalue weighted by Crippen LogP contribution is 2.32. The number of carbonyl (C=O) groups excluding carboxylic acids is 1. The molecule has 11 heteroatoms. The lowest BCUT2D eigenvalue weighted by Gasteiger charge is -2.39. The third-order valence-corrected chi connectivity index (χ3v) is 8.04. The zero-order chi connectivity index (χ0) is 26.0. The third kappa shape index (κ3) is 6.18. The van der Waals surface area contributed by atoms with Crippen LogP contribution in [0, 0.1) is 5.92 Å². The van der Waals surface area contributed by atoms with E-state index in [1.807, 2.05) is 34.1 Å². The molecule has 2 aliphatic heterocycles. The lowest BCUT2D eigenvalue weighted by Crippen LogP contribution is -2.51. The van der Waals surface area contributed by atoms with Crippen molar-refractivity contribution in [2.75, 3.05) is 49.1 Å². The average Bonchev–Trinajstić information content (AvgIpc) is 3.38. The van der Waals surface area contributed by atoms with Crippen LogP contribution in [-0.2, 0) is 17.4 Å². The number of benzene rings is 2. The Hall–Kier alpha value is -2.85. The summed E-state index contributed by atoms with van der Waals surface area (Å²) in [5, 5.41) is 1.58. The Morgan fingerprint density at radius 2 is 1.68 bits per heavy atom. The Bertz CT molecular complexity index is 1220. The summed E-state index contributed by atoms with van der Waals surface area (Å²) >= 11 is 7.34. The standard InChI is InChI=1S/C26H27ClF3N5OS/c27-21-6-4-18(5-7-21)16-23-31-25(37-32-23)35-10-8-19(9-11-35)24(36)34-14-12-33(13-15-34)22-3-1-2-20(17-22)26(28,29)30/h1-7,17,19H,8-16H2. The molecule has 196 valence electrons. The molecule has 3 heterocycles. The van der Waals surface area contributed by atoms with Crippen LogP contribution in [0.15, 0.2) is 48.5 Å². The van der Waals surface area contributed by atoms with Crippen molar-refractivity contribution in [3.8, 4) is 0 Å². The predicted octanol–water partition coefficient (Wildman–Crippen LogP) is 5.37. The molecule has 0 radical (unpaired) electrons. The van der Waals surface area contributed by atoms with Gasteiger partial charge in [0.05, 0.1) is 5.56 Å². The number of amides is 1. The number of halogens is 4. The fourth-order valence-corrected chi connectivity index (χ4v) is 5.73. The predicted molar refractivity (Wildman–Crippen MR) is 139 cm³/mol. The van der Waals surface area contributed by atoms with Crippen LogP contribution in [0.4, 0.5) is 24.0 Å². The van der Waals surface area contributed by atoms with Crippen LogP contribution in [0.5, 0.6) is 0 Å². The molecular formula is C26H27ClF3N5OS. The normalized spacial score (nSPS) is 17.4. The van der Waals surface area contributed by atoms with Gasteiger partial charge in [-0.25, -0.2) is 4.98 Å². The number of anilines is 2. The summed E-state index contributed by atoms with van der Waals surface area (Å²) < 4.78 is 43.7. The van der Waals surface area contributed by atoms with Crippen molar-refractivity contribution >= 4 is 39.9 Å². The van der Waals surface area contributed by atoms with Crippen LogP contribution in [0.2, 0.25) is 5.02 Å². The van der Waals surface area contributed by atoms with E-state index in [1.165, 1.54) is 23.7 Å². The van der Waals surface area contributed by atoms with E-state index in [1.54, 1.807) is 6.07 Å². The Balaban J connectivity index is 1.10. The molecule has 0 bridgehead atoms. The van der Waals surface area contributed by atoms with Gasteiger partial charge >= 0.3 is 6.18 Å². The fraction of sp³-hybridized carbons (Fsp3) is 0.423. The average molecular weight is 550 g/mol. The first-order chi connectivity index (χ1) is 17.8. The summed E-state index contributed by atoms with van der Waals surface area (Å²) in [4.78, 5) is 23.8. The number of hydrogen-bond acceptors (Lipinski definition) is 6. The first-order valence-electron chi connectivity index (χ1n) is 12.3. The molecule has 6 nitrogen and oxygen atoms in total. The molecule has 2 saturated heterocycles. The van der Waals surface area contributed by atoms with Gasteiger partial charge in [-0.3, -0.25) is 4.79 Å². The molecule has 0 N–H and O–H groups in total. The highest BCUT2D eigenvalue weighted by Gasteiger charge is 2.33. The molecular weight excluding hydrogens is 523 g/mol. The number of aromatic nitrogens is 2. The van der Waals surface area contributed by atoms with E-state index in [4.69, 9.17) is 16.6 Å². The number of rotatable bonds is 5. The van der Waals surface area contributed by atoms with Gasteiger partial charge in [0.25, 0.3) is 0 Å². The minimum Gasteiger partial charge on any atom is -0.368 e. The Kier molecular flexibility index (Phi) is 7.57. The quantitative estimate of drug-likeness (QED) is 0.428. The third-order valence-electron chi connectivity index (χ3n) is 6.98. The van der Waals surface area contributed by atoms with Crippen LogP contribution >= 0.6 is 23.1 Å². The van der Waals surface area contributed by atoms with Crippen LogP contribution in [0.3, 0.4) is 0 Å². The summed E-state index contributed by atoms with van der Waals surface area (Å²) in [5.74, 6) is 0.876. The molecule has 3 aromatic rings. The van der Waals surface area contributed by atoms with Gasteiger partial charge in [-0.1, -0.05) is 29.8 Å². The zero-order valence-electron chi connectivity index (χ0n) is 20.1. The molecule has 37 heavy (non-hydrogen) atoms. The maximum absolute atomic E-state index is 13.2. The molecule has 1 aromatic heterocycles. The second-order valence-electron chi connectivity index (χ2n) is 9.42. The van der Waals surface area contributed by atoms with Gasteiger partial charge < -0.3 is 14.7 Å². The number of carbonyl (C=O) groups is 1. The maximum Gasteiger partial charge on any atom is 0.416 e. The SMILES string of the molecule is O=C(C1CCN(c2nc(Cc3ccc(Cl)cc3)ns2)CC1)N1CCN(c2cccc(C(F)(F)F)c2)CC1. The van der Waals surface area contributed by atoms with Gasteiger partial charge in [0.2, 0.25) is 11.0 Å². The summed E-state index contributed by atoms with van der Waals surface area (Å²) in [6.07, 6.45) is -2.22. The second-order valence-corrected chi connectivity index (χ2v) is 10.6. The number of nitrogens with zero attached hydrogens (tertiary/aromatic N) is 5. The molecule has 1 amide bonds. The fourth-order valence-electron chi connectivity index (χ4n) is 4.87. The van der Waals surface area contributed by atoms with Crippen LogP contribution in [-0.4, -0.2) is 59.4 Å². The van der Waals surface area contributed by atoms with Crippen molar-refractivity contribution in [1.29, 1.82) is 0 Å². The van der Waals surface area contributed by atoms with Crippen LogP contribution < -0.4 is 9.80 Å². The largest absolute Gasteiger partial charge is 0.416 e. The minimum absolute atomic E-state index is 0.0437. The number of piperazine rings is 1. The molecule has 2 aromatic carbocycles. The smallest absolute Gasteiger partial charge is 0.368 e. The topological polar surface area (TPSA) is 52.6 Å². The van der Waals surface area contributed by atoms with E-state index in [2.05, 4.69) is 9.27 Å². The first kappa shape index (κ1) is 25.8. The highest BCUT2D eigenvalue weighted by molar-refractivity contribution is 7.09. The Morgan fingerprint density at radius 3 is 2.35 bits per heavy atom. The molecule has 0 aliphatic carbocycles. The van der Waals surface area contributed by atoms with E-state index in [9.17, 15) is 18.0 Å². The van der Waals surface area contributed by atoms with E-state index < -0.39 is 11.7 Å². The van der Waals surface area contributed by atoms with Crippen molar-refractivity contribution in [3.63, 3.8) is 0 Å². The van der Waals surface area contributed by atoms with Gasteiger partial charge in [0.15, 0.2) is 0 Å². The van der Waals surface area contributed by atoms with Crippen molar-refractivity contribution in [2.45, 2.75) is 25.4 Å². The molecule has 2 fully saturated rings.